The van der Waals surface area contributed by atoms with Gasteiger partial charge in [0.1, 0.15) is 0 Å². The van der Waals surface area contributed by atoms with Crippen molar-refractivity contribution in [3.8, 4) is 0 Å². The van der Waals surface area contributed by atoms with Gasteiger partial charge in [-0.2, -0.15) is 0 Å². The van der Waals surface area contributed by atoms with Crippen LogP contribution in [0, 0.1) is 11.8 Å². The van der Waals surface area contributed by atoms with Gasteiger partial charge in [-0.3, -0.25) is 4.39 Å². The maximum absolute atomic E-state index is 11.9. The van der Waals surface area contributed by atoms with E-state index in [0.29, 0.717) is 12.5 Å². The Balaban J connectivity index is 3.31. The van der Waals surface area contributed by atoms with E-state index in [-0.39, 0.29) is 12.6 Å². The molecule has 1 unspecified atom stereocenters. The van der Waals surface area contributed by atoms with Crippen molar-refractivity contribution in [2.45, 2.75) is 20.3 Å². The molecule has 56 valence electrons. The number of hydrogen-bond donors (Lipinski definition) is 1. The summed E-state index contributed by atoms with van der Waals surface area (Å²) >= 11 is 0. The average molecular weight is 133 g/mol. The van der Waals surface area contributed by atoms with Gasteiger partial charge in [0.05, 0.1) is 6.67 Å². The van der Waals surface area contributed by atoms with E-state index in [1.807, 2.05) is 0 Å². The van der Waals surface area contributed by atoms with Gasteiger partial charge in [0, 0.05) is 0 Å². The fourth-order valence-electron chi connectivity index (χ4n) is 0.889. The summed E-state index contributed by atoms with van der Waals surface area (Å²) in [6, 6.07) is 0. The Bertz CT molecular complexity index is 59.9. The molecule has 0 aromatic rings. The Labute approximate surface area is 56.4 Å². The Morgan fingerprint density at radius 2 is 2.00 bits per heavy atom. The molecule has 2 heteroatoms. The van der Waals surface area contributed by atoms with Crippen LogP contribution in [0.15, 0.2) is 0 Å². The lowest BCUT2D eigenvalue weighted by atomic mass is 9.99. The molecule has 0 rings (SSSR count). The van der Waals surface area contributed by atoms with Crippen LogP contribution in [0.2, 0.25) is 0 Å². The lowest BCUT2D eigenvalue weighted by molar-refractivity contribution is 0.319. The second kappa shape index (κ2) is 4.74. The predicted octanol–water partition coefficient (Wildman–Crippen LogP) is 1.58. The molecular weight excluding hydrogens is 117 g/mol. The molecular formula is C7H16FN. The first-order valence-corrected chi connectivity index (χ1v) is 3.46. The molecule has 0 aromatic heterocycles. The van der Waals surface area contributed by atoms with E-state index in [0.717, 1.165) is 6.42 Å². The van der Waals surface area contributed by atoms with E-state index in [9.17, 15) is 4.39 Å². The molecule has 0 aromatic carbocycles. The summed E-state index contributed by atoms with van der Waals surface area (Å²) in [6.07, 6.45) is 0.910. The van der Waals surface area contributed by atoms with Crippen molar-refractivity contribution in [1.29, 1.82) is 0 Å². The van der Waals surface area contributed by atoms with Crippen molar-refractivity contribution in [2.75, 3.05) is 13.2 Å². The quantitative estimate of drug-likeness (QED) is 0.619. The second-order valence-corrected chi connectivity index (χ2v) is 2.89. The number of alkyl halides is 1. The summed E-state index contributed by atoms with van der Waals surface area (Å²) in [5.41, 5.74) is 5.29. The van der Waals surface area contributed by atoms with Crippen molar-refractivity contribution < 1.29 is 4.39 Å². The summed E-state index contributed by atoms with van der Waals surface area (Å²) in [5, 5.41) is 0. The third kappa shape index (κ3) is 4.40. The number of rotatable bonds is 4. The largest absolute Gasteiger partial charge is 0.330 e. The van der Waals surface area contributed by atoms with Gasteiger partial charge in [0.15, 0.2) is 0 Å². The van der Waals surface area contributed by atoms with Crippen LogP contribution in [0.1, 0.15) is 20.3 Å². The van der Waals surface area contributed by atoms with Crippen LogP contribution < -0.4 is 5.73 Å². The molecule has 2 N–H and O–H groups in total. The molecule has 0 aliphatic rings. The summed E-state index contributed by atoms with van der Waals surface area (Å²) in [4.78, 5) is 0. The van der Waals surface area contributed by atoms with Gasteiger partial charge >= 0.3 is 0 Å². The molecule has 0 spiro atoms. The third-order valence-electron chi connectivity index (χ3n) is 1.36. The first kappa shape index (κ1) is 8.89. The zero-order chi connectivity index (χ0) is 7.28. The molecule has 0 bridgehead atoms. The van der Waals surface area contributed by atoms with Gasteiger partial charge in [-0.15, -0.1) is 0 Å². The molecule has 1 atom stereocenters. The SMILES string of the molecule is CC(C)CC(CN)CF. The van der Waals surface area contributed by atoms with E-state index >= 15 is 0 Å². The summed E-state index contributed by atoms with van der Waals surface area (Å²) < 4.78 is 11.9. The van der Waals surface area contributed by atoms with E-state index in [1.54, 1.807) is 0 Å². The van der Waals surface area contributed by atoms with Crippen LogP contribution in [0.25, 0.3) is 0 Å². The highest BCUT2D eigenvalue weighted by atomic mass is 19.1. The van der Waals surface area contributed by atoms with E-state index in [1.165, 1.54) is 0 Å². The van der Waals surface area contributed by atoms with Crippen LogP contribution in [-0.2, 0) is 0 Å². The Morgan fingerprint density at radius 1 is 1.44 bits per heavy atom. The molecule has 0 aliphatic carbocycles. The minimum atomic E-state index is -0.269. The molecule has 0 fully saturated rings. The predicted molar refractivity (Wildman–Crippen MR) is 38.0 cm³/mol. The minimum absolute atomic E-state index is 0.0880. The molecule has 0 heterocycles. The second-order valence-electron chi connectivity index (χ2n) is 2.89. The zero-order valence-electron chi connectivity index (χ0n) is 6.23. The highest BCUT2D eigenvalue weighted by Gasteiger charge is 2.07. The van der Waals surface area contributed by atoms with Crippen LogP contribution in [0.3, 0.4) is 0 Å². The first-order valence-electron chi connectivity index (χ1n) is 3.46. The maximum Gasteiger partial charge on any atom is 0.0934 e. The smallest absolute Gasteiger partial charge is 0.0934 e. The van der Waals surface area contributed by atoms with Crippen molar-refractivity contribution in [2.24, 2.45) is 17.6 Å². The van der Waals surface area contributed by atoms with Crippen molar-refractivity contribution in [1.82, 2.24) is 0 Å². The topological polar surface area (TPSA) is 26.0 Å². The molecule has 1 nitrogen and oxygen atoms in total. The summed E-state index contributed by atoms with van der Waals surface area (Å²) in [7, 11) is 0. The lowest BCUT2D eigenvalue weighted by Crippen LogP contribution is -2.17. The minimum Gasteiger partial charge on any atom is -0.330 e. The molecule has 0 aliphatic heterocycles. The summed E-state index contributed by atoms with van der Waals surface area (Å²) in [6.45, 7) is 4.38. The van der Waals surface area contributed by atoms with Crippen LogP contribution >= 0.6 is 0 Å². The van der Waals surface area contributed by atoms with Crippen molar-refractivity contribution >= 4 is 0 Å². The van der Waals surface area contributed by atoms with Gasteiger partial charge in [-0.1, -0.05) is 13.8 Å². The Hall–Kier alpha value is -0.110. The summed E-state index contributed by atoms with van der Waals surface area (Å²) in [5.74, 6) is 0.652. The number of nitrogens with two attached hydrogens (primary N) is 1. The van der Waals surface area contributed by atoms with Gasteiger partial charge < -0.3 is 5.73 Å². The Kier molecular flexibility index (Phi) is 4.68. The lowest BCUT2D eigenvalue weighted by Gasteiger charge is -2.11. The fraction of sp³-hybridized carbons (Fsp3) is 1.00. The van der Waals surface area contributed by atoms with E-state index < -0.39 is 0 Å². The monoisotopic (exact) mass is 133 g/mol. The highest BCUT2D eigenvalue weighted by Crippen LogP contribution is 2.10. The normalized spacial score (nSPS) is 14.3. The molecule has 0 saturated carbocycles. The third-order valence-corrected chi connectivity index (χ3v) is 1.36. The van der Waals surface area contributed by atoms with Gasteiger partial charge in [0.25, 0.3) is 0 Å². The fourth-order valence-corrected chi connectivity index (χ4v) is 0.889. The zero-order valence-corrected chi connectivity index (χ0v) is 6.23. The maximum atomic E-state index is 11.9. The molecule has 9 heavy (non-hydrogen) atoms. The van der Waals surface area contributed by atoms with E-state index in [4.69, 9.17) is 5.73 Å². The van der Waals surface area contributed by atoms with E-state index in [2.05, 4.69) is 13.8 Å². The van der Waals surface area contributed by atoms with Crippen LogP contribution in [-0.4, -0.2) is 13.2 Å². The first-order chi connectivity index (χ1) is 4.20. The number of hydrogen-bond acceptors (Lipinski definition) is 1. The highest BCUT2D eigenvalue weighted by molar-refractivity contribution is 4.59. The molecule has 0 radical (unpaired) electrons. The average Bonchev–Trinajstić information content (AvgIpc) is 1.82. The molecule has 0 amide bonds. The van der Waals surface area contributed by atoms with Crippen LogP contribution in [0.4, 0.5) is 4.39 Å². The van der Waals surface area contributed by atoms with Crippen molar-refractivity contribution in [3.63, 3.8) is 0 Å². The number of halogens is 1. The Morgan fingerprint density at radius 3 is 2.11 bits per heavy atom. The standard InChI is InChI=1S/C7H16FN/c1-6(2)3-7(4-8)5-9/h6-7H,3-5,9H2,1-2H3. The molecule has 0 saturated heterocycles. The van der Waals surface area contributed by atoms with Gasteiger partial charge in [-0.25, -0.2) is 0 Å². The van der Waals surface area contributed by atoms with Gasteiger partial charge in [-0.05, 0) is 24.8 Å². The van der Waals surface area contributed by atoms with Gasteiger partial charge in [0.2, 0.25) is 0 Å². The van der Waals surface area contributed by atoms with Crippen molar-refractivity contribution in [3.05, 3.63) is 0 Å². The van der Waals surface area contributed by atoms with Crippen LogP contribution in [0.5, 0.6) is 0 Å².